The number of ether oxygens (including phenoxy) is 5. The number of carbonyl (C=O) groups excluding carboxylic acids is 3. The molecule has 3 aromatic rings. The Morgan fingerprint density at radius 3 is 2.47 bits per heavy atom. The van der Waals surface area contributed by atoms with Crippen LogP contribution in [0.15, 0.2) is 64.9 Å². The number of amides is 3. The van der Waals surface area contributed by atoms with Crippen LogP contribution in [0.1, 0.15) is 36.6 Å². The third-order valence-electron chi connectivity index (χ3n) is 6.67. The summed E-state index contributed by atoms with van der Waals surface area (Å²) in [5.74, 6) is 0.327. The van der Waals surface area contributed by atoms with E-state index in [1.165, 1.54) is 20.4 Å². The molecule has 1 atom stereocenters. The highest BCUT2D eigenvalue weighted by molar-refractivity contribution is 14.1. The third-order valence-corrected chi connectivity index (χ3v) is 8.03. The van der Waals surface area contributed by atoms with Gasteiger partial charge in [-0.15, -0.1) is 0 Å². The molecule has 12 nitrogen and oxygen atoms in total. The molecule has 4 rings (SSSR count). The zero-order valence-corrected chi connectivity index (χ0v) is 29.4. The van der Waals surface area contributed by atoms with Gasteiger partial charge in [0.25, 0.3) is 5.91 Å². The molecule has 47 heavy (non-hydrogen) atoms. The number of hydrogen-bond donors (Lipinski definition) is 3. The van der Waals surface area contributed by atoms with Crippen LogP contribution in [0, 0.1) is 3.57 Å². The summed E-state index contributed by atoms with van der Waals surface area (Å²) in [6, 6.07) is 12.4. The van der Waals surface area contributed by atoms with E-state index >= 15 is 0 Å². The van der Waals surface area contributed by atoms with E-state index in [-0.39, 0.29) is 36.9 Å². The maximum Gasteiger partial charge on any atom is 0.338 e. The van der Waals surface area contributed by atoms with E-state index in [0.29, 0.717) is 38.4 Å². The lowest BCUT2D eigenvalue weighted by atomic mass is 9.95. The number of rotatable bonds is 13. The summed E-state index contributed by atoms with van der Waals surface area (Å²) >= 11 is 14.3. The number of nitrogens with zero attached hydrogens (tertiary/aromatic N) is 1. The minimum absolute atomic E-state index is 0.173. The Balaban J connectivity index is 1.43. The van der Waals surface area contributed by atoms with Gasteiger partial charge in [0.2, 0.25) is 0 Å². The normalized spacial score (nSPS) is 14.3. The van der Waals surface area contributed by atoms with Crippen molar-refractivity contribution in [3.8, 4) is 23.0 Å². The zero-order valence-electron chi connectivity index (χ0n) is 25.7. The van der Waals surface area contributed by atoms with Gasteiger partial charge in [-0.05, 0) is 84.0 Å². The summed E-state index contributed by atoms with van der Waals surface area (Å²) in [5.41, 5.74) is 4.97. The topological polar surface area (TPSA) is 146 Å². The fraction of sp³-hybridized carbons (Fsp3) is 0.250. The Labute approximate surface area is 294 Å². The maximum absolute atomic E-state index is 12.6. The molecule has 3 aromatic carbocycles. The van der Waals surface area contributed by atoms with Crippen LogP contribution in [0.4, 0.5) is 4.79 Å². The second-order valence-corrected chi connectivity index (χ2v) is 11.9. The van der Waals surface area contributed by atoms with Gasteiger partial charge >= 0.3 is 12.0 Å². The lowest BCUT2D eigenvalue weighted by Crippen LogP contribution is -2.45. The number of benzene rings is 3. The Morgan fingerprint density at radius 2 is 1.77 bits per heavy atom. The molecule has 248 valence electrons. The van der Waals surface area contributed by atoms with Crippen molar-refractivity contribution in [1.29, 1.82) is 0 Å². The van der Waals surface area contributed by atoms with Crippen molar-refractivity contribution in [2.75, 3.05) is 27.4 Å². The number of urea groups is 1. The van der Waals surface area contributed by atoms with Crippen LogP contribution in [0.5, 0.6) is 23.0 Å². The highest BCUT2D eigenvalue weighted by Gasteiger charge is 2.32. The maximum atomic E-state index is 12.6. The fourth-order valence-corrected chi connectivity index (χ4v) is 5.47. The number of methoxy groups -OCH3 is 2. The van der Waals surface area contributed by atoms with E-state index in [4.69, 9.17) is 46.9 Å². The van der Waals surface area contributed by atoms with Crippen molar-refractivity contribution in [3.63, 3.8) is 0 Å². The number of nitrogens with one attached hydrogen (secondary N) is 3. The first-order valence-electron chi connectivity index (χ1n) is 14.1. The van der Waals surface area contributed by atoms with Gasteiger partial charge in [0.1, 0.15) is 6.61 Å². The second-order valence-electron chi connectivity index (χ2n) is 9.85. The first-order chi connectivity index (χ1) is 22.5. The zero-order chi connectivity index (χ0) is 34.1. The Hall–Kier alpha value is -4.21. The molecule has 3 N–H and O–H groups in total. The summed E-state index contributed by atoms with van der Waals surface area (Å²) in [6.07, 6.45) is 1.44. The molecule has 0 fully saturated rings. The molecule has 0 aliphatic carbocycles. The first kappa shape index (κ1) is 35.6. The van der Waals surface area contributed by atoms with Gasteiger partial charge in [0, 0.05) is 14.8 Å². The molecule has 0 unspecified atom stereocenters. The molecule has 15 heteroatoms. The molecule has 1 heterocycles. The second kappa shape index (κ2) is 16.6. The molecule has 0 spiro atoms. The summed E-state index contributed by atoms with van der Waals surface area (Å²) in [4.78, 5) is 37.5. The SMILES string of the molecule is CCOC(=O)C1=C(C)NC(=O)N[C@@H]1c1ccc(OCC(=O)N/N=C/c2cc(I)cc(OC)c2OCc2ccc(Cl)c(Cl)c2)c(OC)c1. The van der Waals surface area contributed by atoms with Crippen molar-refractivity contribution < 1.29 is 38.1 Å². The molecule has 3 amide bonds. The van der Waals surface area contributed by atoms with Gasteiger partial charge < -0.3 is 34.3 Å². The van der Waals surface area contributed by atoms with Crippen molar-refractivity contribution >= 4 is 69.9 Å². The minimum Gasteiger partial charge on any atom is -0.493 e. The first-order valence-corrected chi connectivity index (χ1v) is 15.9. The number of esters is 1. The average molecular weight is 797 g/mol. The molecule has 0 saturated carbocycles. The van der Waals surface area contributed by atoms with Crippen molar-refractivity contribution in [2.24, 2.45) is 5.10 Å². The van der Waals surface area contributed by atoms with Gasteiger partial charge in [0.05, 0.1) is 48.7 Å². The van der Waals surface area contributed by atoms with E-state index in [1.54, 1.807) is 56.3 Å². The number of hydrogen-bond acceptors (Lipinski definition) is 9. The Morgan fingerprint density at radius 1 is 1.00 bits per heavy atom. The molecular formula is C32H31Cl2IN4O8. The van der Waals surface area contributed by atoms with E-state index in [0.717, 1.165) is 9.13 Å². The lowest BCUT2D eigenvalue weighted by molar-refractivity contribution is -0.139. The largest absolute Gasteiger partial charge is 0.493 e. The summed E-state index contributed by atoms with van der Waals surface area (Å²) in [7, 11) is 2.96. The molecule has 0 bridgehead atoms. The Kier molecular flexibility index (Phi) is 12.6. The van der Waals surface area contributed by atoms with Crippen molar-refractivity contribution in [2.45, 2.75) is 26.5 Å². The summed E-state index contributed by atoms with van der Waals surface area (Å²) in [6.45, 7) is 3.28. The van der Waals surface area contributed by atoms with Gasteiger partial charge in [-0.3, -0.25) is 4.79 Å². The van der Waals surface area contributed by atoms with Crippen molar-refractivity contribution in [1.82, 2.24) is 16.1 Å². The average Bonchev–Trinajstić information content (AvgIpc) is 3.04. The predicted molar refractivity (Wildman–Crippen MR) is 184 cm³/mol. The van der Waals surface area contributed by atoms with Crippen LogP contribution in [-0.4, -0.2) is 51.6 Å². The quantitative estimate of drug-likeness (QED) is 0.0838. The van der Waals surface area contributed by atoms with Crippen molar-refractivity contribution in [3.05, 3.63) is 90.1 Å². The van der Waals surface area contributed by atoms with E-state index < -0.39 is 23.9 Å². The van der Waals surface area contributed by atoms with Gasteiger partial charge in [-0.1, -0.05) is 35.3 Å². The lowest BCUT2D eigenvalue weighted by Gasteiger charge is -2.28. The highest BCUT2D eigenvalue weighted by atomic mass is 127. The molecular weight excluding hydrogens is 766 g/mol. The predicted octanol–water partition coefficient (Wildman–Crippen LogP) is 5.91. The van der Waals surface area contributed by atoms with Crippen LogP contribution in [-0.2, 0) is 20.9 Å². The smallest absolute Gasteiger partial charge is 0.338 e. The third kappa shape index (κ3) is 9.20. The van der Waals surface area contributed by atoms with Crippen LogP contribution in [0.25, 0.3) is 0 Å². The fourth-order valence-electron chi connectivity index (χ4n) is 4.53. The van der Waals surface area contributed by atoms with Gasteiger partial charge in [-0.25, -0.2) is 15.0 Å². The molecule has 0 radical (unpaired) electrons. The number of halogens is 3. The number of allylic oxidation sites excluding steroid dienone is 1. The molecule has 0 aromatic heterocycles. The number of carbonyl (C=O) groups is 3. The standard InChI is InChI=1S/C32H31Cl2IN4O8/c1-5-45-31(41)28-17(2)37-32(42)38-29(28)19-7-9-24(25(12-19)43-3)46-16-27(40)39-36-14-20-11-21(35)13-26(44-4)30(20)47-15-18-6-8-22(33)23(34)10-18/h6-14,29H,5,15-16H2,1-4H3,(H,39,40)(H2,37,38,42)/b36-14+/t29-/m1/s1. The summed E-state index contributed by atoms with van der Waals surface area (Å²) in [5, 5.41) is 10.2. The van der Waals surface area contributed by atoms with Gasteiger partial charge in [0.15, 0.2) is 29.6 Å². The van der Waals surface area contributed by atoms with E-state index in [9.17, 15) is 14.4 Å². The minimum atomic E-state index is -0.791. The van der Waals surface area contributed by atoms with E-state index in [2.05, 4.69) is 43.8 Å². The Bertz CT molecular complexity index is 1730. The van der Waals surface area contributed by atoms with Gasteiger partial charge in [-0.2, -0.15) is 5.10 Å². The van der Waals surface area contributed by atoms with E-state index in [1.807, 2.05) is 6.07 Å². The van der Waals surface area contributed by atoms with Crippen LogP contribution < -0.4 is 35.0 Å². The molecule has 0 saturated heterocycles. The summed E-state index contributed by atoms with van der Waals surface area (Å²) < 4.78 is 28.8. The number of hydrazone groups is 1. The molecule has 1 aliphatic rings. The molecule has 1 aliphatic heterocycles. The highest BCUT2D eigenvalue weighted by Crippen LogP contribution is 2.35. The van der Waals surface area contributed by atoms with Crippen LogP contribution in [0.3, 0.4) is 0 Å². The van der Waals surface area contributed by atoms with Crippen LogP contribution in [0.2, 0.25) is 10.0 Å². The monoisotopic (exact) mass is 796 g/mol. The van der Waals surface area contributed by atoms with Crippen LogP contribution >= 0.6 is 45.8 Å².